The fourth-order valence-corrected chi connectivity index (χ4v) is 2.46. The topological polar surface area (TPSA) is 55.4 Å². The maximum absolute atomic E-state index is 13.0. The average molecular weight is 293 g/mol. The van der Waals surface area contributed by atoms with Crippen LogP contribution in [0.1, 0.15) is 49.4 Å². The van der Waals surface area contributed by atoms with E-state index in [1.807, 2.05) is 0 Å². The molecule has 5 heteroatoms. The third-order valence-electron chi connectivity index (χ3n) is 3.66. The van der Waals surface area contributed by atoms with Crippen LogP contribution in [-0.2, 0) is 9.53 Å². The van der Waals surface area contributed by atoms with Crippen LogP contribution in [0.3, 0.4) is 0 Å². The van der Waals surface area contributed by atoms with Gasteiger partial charge in [0.15, 0.2) is 6.10 Å². The van der Waals surface area contributed by atoms with Crippen molar-refractivity contribution >= 4 is 11.9 Å². The molecule has 1 N–H and O–H groups in total. The lowest BCUT2D eigenvalue weighted by atomic mass is 9.95. The molecule has 1 saturated carbocycles. The highest BCUT2D eigenvalue weighted by Gasteiger charge is 2.22. The van der Waals surface area contributed by atoms with E-state index in [4.69, 9.17) is 4.74 Å². The van der Waals surface area contributed by atoms with E-state index < -0.39 is 17.9 Å². The van der Waals surface area contributed by atoms with Gasteiger partial charge in [-0.1, -0.05) is 25.3 Å². The van der Waals surface area contributed by atoms with Gasteiger partial charge in [-0.05, 0) is 38.0 Å². The molecule has 21 heavy (non-hydrogen) atoms. The number of rotatable bonds is 4. The average Bonchev–Trinajstić information content (AvgIpc) is 2.48. The second-order valence-corrected chi connectivity index (χ2v) is 5.40. The van der Waals surface area contributed by atoms with E-state index >= 15 is 0 Å². The summed E-state index contributed by atoms with van der Waals surface area (Å²) < 4.78 is 18.1. The molecule has 1 aromatic carbocycles. The standard InChI is InChI=1S/C16H20FNO3/c1-11(15(19)18-14-8-3-2-4-9-14)21-16(20)12-6-5-7-13(17)10-12/h5-7,10-11,14H,2-4,8-9H2,1H3,(H,18,19)/t11-/m0/s1. The van der Waals surface area contributed by atoms with Crippen LogP contribution in [0, 0.1) is 5.82 Å². The summed E-state index contributed by atoms with van der Waals surface area (Å²) in [6, 6.07) is 5.39. The van der Waals surface area contributed by atoms with E-state index in [1.54, 1.807) is 0 Å². The first-order chi connectivity index (χ1) is 10.1. The normalized spacial score (nSPS) is 17.0. The quantitative estimate of drug-likeness (QED) is 0.868. The van der Waals surface area contributed by atoms with Crippen molar-refractivity contribution in [3.05, 3.63) is 35.6 Å². The molecule has 114 valence electrons. The van der Waals surface area contributed by atoms with Crippen molar-refractivity contribution in [3.63, 3.8) is 0 Å². The Balaban J connectivity index is 1.86. The van der Waals surface area contributed by atoms with E-state index in [0.717, 1.165) is 31.7 Å². The number of ether oxygens (including phenoxy) is 1. The van der Waals surface area contributed by atoms with Crippen LogP contribution in [0.25, 0.3) is 0 Å². The van der Waals surface area contributed by atoms with Gasteiger partial charge in [-0.2, -0.15) is 0 Å². The van der Waals surface area contributed by atoms with Crippen molar-refractivity contribution in [2.24, 2.45) is 0 Å². The van der Waals surface area contributed by atoms with E-state index in [1.165, 1.54) is 31.5 Å². The molecule has 1 amide bonds. The van der Waals surface area contributed by atoms with Crippen molar-refractivity contribution in [2.75, 3.05) is 0 Å². The number of carbonyl (C=O) groups excluding carboxylic acids is 2. The van der Waals surface area contributed by atoms with E-state index in [-0.39, 0.29) is 17.5 Å². The van der Waals surface area contributed by atoms with Crippen molar-refractivity contribution in [1.29, 1.82) is 0 Å². The lowest BCUT2D eigenvalue weighted by molar-refractivity contribution is -0.130. The summed E-state index contributed by atoms with van der Waals surface area (Å²) in [5.41, 5.74) is 0.104. The van der Waals surface area contributed by atoms with Gasteiger partial charge in [0.2, 0.25) is 0 Å². The maximum atomic E-state index is 13.0. The van der Waals surface area contributed by atoms with E-state index in [9.17, 15) is 14.0 Å². The van der Waals surface area contributed by atoms with Gasteiger partial charge < -0.3 is 10.1 Å². The molecule has 0 unspecified atom stereocenters. The van der Waals surface area contributed by atoms with Crippen LogP contribution in [0.4, 0.5) is 4.39 Å². The van der Waals surface area contributed by atoms with Crippen molar-refractivity contribution < 1.29 is 18.7 Å². The van der Waals surface area contributed by atoms with Crippen LogP contribution < -0.4 is 5.32 Å². The second kappa shape index (κ2) is 7.20. The van der Waals surface area contributed by atoms with Gasteiger partial charge in [0.05, 0.1) is 5.56 Å². The Morgan fingerprint density at radius 1 is 1.29 bits per heavy atom. The number of carbonyl (C=O) groups is 2. The summed E-state index contributed by atoms with van der Waals surface area (Å²) in [6.07, 6.45) is 4.48. The van der Waals surface area contributed by atoms with Crippen LogP contribution >= 0.6 is 0 Å². The summed E-state index contributed by atoms with van der Waals surface area (Å²) in [5.74, 6) is -1.50. The Kier molecular flexibility index (Phi) is 5.31. The third-order valence-corrected chi connectivity index (χ3v) is 3.66. The van der Waals surface area contributed by atoms with Gasteiger partial charge in [0.1, 0.15) is 5.82 Å². The highest BCUT2D eigenvalue weighted by atomic mass is 19.1. The molecule has 0 aliphatic heterocycles. The second-order valence-electron chi connectivity index (χ2n) is 5.40. The molecule has 1 fully saturated rings. The Morgan fingerprint density at radius 3 is 2.67 bits per heavy atom. The minimum atomic E-state index is -0.886. The Morgan fingerprint density at radius 2 is 2.00 bits per heavy atom. The molecule has 1 atom stereocenters. The van der Waals surface area contributed by atoms with E-state index in [2.05, 4.69) is 5.32 Å². The predicted octanol–water partition coefficient (Wildman–Crippen LogP) is 2.82. The van der Waals surface area contributed by atoms with Crippen LogP contribution in [0.15, 0.2) is 24.3 Å². The highest BCUT2D eigenvalue weighted by Crippen LogP contribution is 2.17. The number of benzene rings is 1. The smallest absolute Gasteiger partial charge is 0.339 e. The number of amides is 1. The van der Waals surface area contributed by atoms with Crippen molar-refractivity contribution in [1.82, 2.24) is 5.32 Å². The third kappa shape index (κ3) is 4.55. The molecule has 0 radical (unpaired) electrons. The highest BCUT2D eigenvalue weighted by molar-refractivity contribution is 5.92. The van der Waals surface area contributed by atoms with Gasteiger partial charge in [-0.3, -0.25) is 4.79 Å². The van der Waals surface area contributed by atoms with Gasteiger partial charge in [-0.25, -0.2) is 9.18 Å². The molecular weight excluding hydrogens is 273 g/mol. The molecule has 2 rings (SSSR count). The number of hydrogen-bond acceptors (Lipinski definition) is 3. The van der Waals surface area contributed by atoms with Gasteiger partial charge in [0, 0.05) is 6.04 Å². The number of halogens is 1. The Hall–Kier alpha value is -1.91. The number of esters is 1. The van der Waals surface area contributed by atoms with Crippen LogP contribution in [0.2, 0.25) is 0 Å². The summed E-state index contributed by atoms with van der Waals surface area (Å²) >= 11 is 0. The first kappa shape index (κ1) is 15.5. The summed E-state index contributed by atoms with van der Waals surface area (Å²) in [4.78, 5) is 23.8. The predicted molar refractivity (Wildman–Crippen MR) is 76.3 cm³/mol. The van der Waals surface area contributed by atoms with Crippen LogP contribution in [0.5, 0.6) is 0 Å². The lowest BCUT2D eigenvalue weighted by Gasteiger charge is -2.24. The molecule has 1 aromatic rings. The summed E-state index contributed by atoms with van der Waals surface area (Å²) in [6.45, 7) is 1.52. The molecule has 0 heterocycles. The van der Waals surface area contributed by atoms with Crippen molar-refractivity contribution in [3.8, 4) is 0 Å². The van der Waals surface area contributed by atoms with E-state index in [0.29, 0.717) is 0 Å². The zero-order valence-electron chi connectivity index (χ0n) is 12.1. The first-order valence-corrected chi connectivity index (χ1v) is 7.33. The zero-order chi connectivity index (χ0) is 15.2. The van der Waals surface area contributed by atoms with Gasteiger partial charge in [0.25, 0.3) is 5.91 Å². The largest absolute Gasteiger partial charge is 0.449 e. The molecule has 1 aliphatic rings. The fourth-order valence-electron chi connectivity index (χ4n) is 2.46. The minimum Gasteiger partial charge on any atom is -0.449 e. The Bertz CT molecular complexity index is 512. The molecule has 0 aromatic heterocycles. The maximum Gasteiger partial charge on any atom is 0.339 e. The molecular formula is C16H20FNO3. The van der Waals surface area contributed by atoms with Gasteiger partial charge >= 0.3 is 5.97 Å². The molecule has 0 spiro atoms. The molecule has 0 bridgehead atoms. The number of hydrogen-bond donors (Lipinski definition) is 1. The van der Waals surface area contributed by atoms with Gasteiger partial charge in [-0.15, -0.1) is 0 Å². The monoisotopic (exact) mass is 293 g/mol. The zero-order valence-corrected chi connectivity index (χ0v) is 12.1. The van der Waals surface area contributed by atoms with Crippen molar-refractivity contribution in [2.45, 2.75) is 51.2 Å². The van der Waals surface area contributed by atoms with Crippen LogP contribution in [-0.4, -0.2) is 24.0 Å². The molecule has 1 aliphatic carbocycles. The first-order valence-electron chi connectivity index (χ1n) is 7.33. The fraction of sp³-hybridized carbons (Fsp3) is 0.500. The molecule has 0 saturated heterocycles. The molecule has 4 nitrogen and oxygen atoms in total. The summed E-state index contributed by atoms with van der Waals surface area (Å²) in [7, 11) is 0. The minimum absolute atomic E-state index is 0.104. The lowest BCUT2D eigenvalue weighted by Crippen LogP contribution is -2.42. The Labute approximate surface area is 123 Å². The number of nitrogens with one attached hydrogen (secondary N) is 1. The summed E-state index contributed by atoms with van der Waals surface area (Å²) in [5, 5.41) is 2.90. The SMILES string of the molecule is C[C@H](OC(=O)c1cccc(F)c1)C(=O)NC1CCCCC1.